The number of nitrogens with one attached hydrogen (secondary N) is 3. The second-order valence-electron chi connectivity index (χ2n) is 15.7. The fourth-order valence-electron chi connectivity index (χ4n) is 7.73. The van der Waals surface area contributed by atoms with Gasteiger partial charge in [0, 0.05) is 6.54 Å². The summed E-state index contributed by atoms with van der Waals surface area (Å²) in [5.41, 5.74) is 4.98. The molecule has 4 fully saturated rings. The van der Waals surface area contributed by atoms with Gasteiger partial charge in [-0.25, -0.2) is 4.79 Å². The predicted octanol–water partition coefficient (Wildman–Crippen LogP) is 3.05. The molecule has 5 rings (SSSR count). The molecule has 1 unspecified atom stereocenters. The Bertz CT molecular complexity index is 1330. The van der Waals surface area contributed by atoms with Gasteiger partial charge in [0.15, 0.2) is 0 Å². The molecule has 4 aliphatic rings. The van der Waals surface area contributed by atoms with Crippen molar-refractivity contribution in [1.82, 2.24) is 20.9 Å². The van der Waals surface area contributed by atoms with Crippen molar-refractivity contribution < 1.29 is 28.7 Å². The molecule has 11 heteroatoms. The van der Waals surface area contributed by atoms with Crippen LogP contribution in [0, 0.1) is 28.6 Å². The predicted molar refractivity (Wildman–Crippen MR) is 172 cm³/mol. The number of carbonyl (C=O) groups excluding carboxylic acids is 5. The largest absolute Gasteiger partial charge is 0.374 e. The second-order valence-corrected chi connectivity index (χ2v) is 15.7. The number of rotatable bonds is 12. The Balaban J connectivity index is 1.29. The maximum Gasteiger partial charge on any atom is 0.315 e. The van der Waals surface area contributed by atoms with Gasteiger partial charge in [-0.15, -0.1) is 0 Å². The molecular weight excluding hydrogens is 586 g/mol. The van der Waals surface area contributed by atoms with E-state index in [4.69, 9.17) is 10.5 Å². The molecular formula is C35H51N5O6. The second kappa shape index (κ2) is 13.0. The summed E-state index contributed by atoms with van der Waals surface area (Å²) in [6, 6.07) is 6.75. The first kappa shape index (κ1) is 33.9. The molecule has 3 aliphatic carbocycles. The van der Waals surface area contributed by atoms with Crippen molar-refractivity contribution >= 4 is 29.5 Å². The van der Waals surface area contributed by atoms with Crippen LogP contribution in [0.1, 0.15) is 85.1 Å². The van der Waals surface area contributed by atoms with Gasteiger partial charge in [-0.2, -0.15) is 0 Å². The summed E-state index contributed by atoms with van der Waals surface area (Å²) in [5.74, 6) is -2.80. The zero-order chi connectivity index (χ0) is 33.4. The maximum atomic E-state index is 14.3. The van der Waals surface area contributed by atoms with Gasteiger partial charge in [-0.05, 0) is 59.8 Å². The zero-order valence-corrected chi connectivity index (χ0v) is 27.9. The van der Waals surface area contributed by atoms with E-state index in [2.05, 4.69) is 29.8 Å². The standard InChI is InChI=1S/C35H51N5O6/c1-33(2,3)28(38-32(45)39-35(16-10-7-11-17-35)20-46-19-21-12-8-6-9-13-21)31(44)40-18-23-24(34(23,4)5)26(40)30(43)37-25(22-14-15-22)27(41)29(36)42/h6,8-9,12-13,22-26,28H,7,10-11,14-20H2,1-5H3,(H2,36,42)(H,37,43)(H2,38,39,45)/t23-,24-,25?,26-,28+/m0/s1. The number of Topliss-reactive ketones (excluding diaryl/α,β-unsaturated/α-hetero) is 1. The number of urea groups is 1. The summed E-state index contributed by atoms with van der Waals surface area (Å²) in [7, 11) is 0. The van der Waals surface area contributed by atoms with Gasteiger partial charge in [0.1, 0.15) is 18.1 Å². The van der Waals surface area contributed by atoms with Crippen LogP contribution in [-0.4, -0.2) is 71.3 Å². The van der Waals surface area contributed by atoms with Crippen LogP contribution in [0.4, 0.5) is 4.79 Å². The van der Waals surface area contributed by atoms with E-state index in [9.17, 15) is 24.0 Å². The molecule has 3 saturated carbocycles. The van der Waals surface area contributed by atoms with E-state index in [1.807, 2.05) is 51.1 Å². The highest BCUT2D eigenvalue weighted by molar-refractivity contribution is 6.38. The summed E-state index contributed by atoms with van der Waals surface area (Å²) in [6.45, 7) is 11.0. The number of hydrogen-bond acceptors (Lipinski definition) is 6. The van der Waals surface area contributed by atoms with E-state index in [-0.39, 0.29) is 29.1 Å². The number of fused-ring (bicyclic) bond motifs is 1. The van der Waals surface area contributed by atoms with E-state index < -0.39 is 52.7 Å². The lowest BCUT2D eigenvalue weighted by atomic mass is 9.82. The topological polar surface area (TPSA) is 160 Å². The SMILES string of the molecule is CC(C)(C)[C@H](NC(=O)NC1(COCc2ccccc2)CCCCC1)C(=O)N1C[C@H]2[C@@H]([C@H]1C(=O)NC(C(=O)C(N)=O)C1CC1)C2(C)C. The molecule has 1 heterocycles. The quantitative estimate of drug-likeness (QED) is 0.258. The minimum Gasteiger partial charge on any atom is -0.374 e. The lowest BCUT2D eigenvalue weighted by Crippen LogP contribution is -2.63. The van der Waals surface area contributed by atoms with Crippen molar-refractivity contribution in [3.8, 4) is 0 Å². The normalized spacial score (nSPS) is 25.8. The van der Waals surface area contributed by atoms with Crippen molar-refractivity contribution in [2.24, 2.45) is 34.3 Å². The number of piperidine rings is 1. The van der Waals surface area contributed by atoms with Gasteiger partial charge >= 0.3 is 6.03 Å². The summed E-state index contributed by atoms with van der Waals surface area (Å²) in [4.78, 5) is 67.7. The number of hydrogen-bond donors (Lipinski definition) is 4. The highest BCUT2D eigenvalue weighted by Crippen LogP contribution is 2.65. The molecule has 1 aromatic rings. The molecule has 0 radical (unpaired) electrons. The monoisotopic (exact) mass is 637 g/mol. The van der Waals surface area contributed by atoms with E-state index in [1.54, 1.807) is 4.90 Å². The van der Waals surface area contributed by atoms with Gasteiger partial charge in [0.05, 0.1) is 18.8 Å². The summed E-state index contributed by atoms with van der Waals surface area (Å²) < 4.78 is 6.11. The number of benzene rings is 1. The summed E-state index contributed by atoms with van der Waals surface area (Å²) in [6.07, 6.45) is 6.04. The molecule has 0 spiro atoms. The van der Waals surface area contributed by atoms with Crippen LogP contribution in [0.25, 0.3) is 0 Å². The molecule has 5 atom stereocenters. The van der Waals surface area contributed by atoms with Crippen molar-refractivity contribution in [1.29, 1.82) is 0 Å². The van der Waals surface area contributed by atoms with Crippen molar-refractivity contribution in [2.75, 3.05) is 13.2 Å². The Morgan fingerprint density at radius 2 is 1.65 bits per heavy atom. The third-order valence-electron chi connectivity index (χ3n) is 10.7. The molecule has 1 aromatic carbocycles. The Labute approximate surface area is 272 Å². The molecule has 1 aliphatic heterocycles. The maximum absolute atomic E-state index is 14.3. The smallest absolute Gasteiger partial charge is 0.315 e. The first-order valence-corrected chi connectivity index (χ1v) is 16.8. The Morgan fingerprint density at radius 1 is 1.00 bits per heavy atom. The zero-order valence-electron chi connectivity index (χ0n) is 27.9. The van der Waals surface area contributed by atoms with Gasteiger partial charge < -0.3 is 31.3 Å². The van der Waals surface area contributed by atoms with Gasteiger partial charge in [0.2, 0.25) is 17.6 Å². The fraction of sp³-hybridized carbons (Fsp3) is 0.686. The molecule has 0 aromatic heterocycles. The van der Waals surface area contributed by atoms with Gasteiger partial charge in [-0.1, -0.05) is 84.2 Å². The highest BCUT2D eigenvalue weighted by Gasteiger charge is 2.70. The number of nitrogens with two attached hydrogens (primary N) is 1. The van der Waals surface area contributed by atoms with E-state index in [1.165, 1.54) is 0 Å². The first-order valence-electron chi connectivity index (χ1n) is 16.8. The average Bonchev–Trinajstić information content (AvgIpc) is 3.87. The fourth-order valence-corrected chi connectivity index (χ4v) is 7.73. The van der Waals surface area contributed by atoms with Crippen LogP contribution in [0.5, 0.6) is 0 Å². The molecule has 252 valence electrons. The summed E-state index contributed by atoms with van der Waals surface area (Å²) in [5, 5.41) is 8.97. The third kappa shape index (κ3) is 7.24. The lowest BCUT2D eigenvalue weighted by molar-refractivity contribution is -0.145. The minimum absolute atomic E-state index is 0.0956. The number of nitrogens with zero attached hydrogens (tertiary/aromatic N) is 1. The summed E-state index contributed by atoms with van der Waals surface area (Å²) >= 11 is 0. The highest BCUT2D eigenvalue weighted by atomic mass is 16.5. The van der Waals surface area contributed by atoms with Crippen LogP contribution < -0.4 is 21.7 Å². The molecule has 11 nitrogen and oxygen atoms in total. The van der Waals surface area contributed by atoms with Crippen LogP contribution in [0.15, 0.2) is 30.3 Å². The van der Waals surface area contributed by atoms with Crippen molar-refractivity contribution in [3.63, 3.8) is 0 Å². The van der Waals surface area contributed by atoms with E-state index >= 15 is 0 Å². The number of ether oxygens (including phenoxy) is 1. The molecule has 5 amide bonds. The van der Waals surface area contributed by atoms with Crippen LogP contribution in [-0.2, 0) is 30.5 Å². The molecule has 1 saturated heterocycles. The molecule has 5 N–H and O–H groups in total. The third-order valence-corrected chi connectivity index (χ3v) is 10.7. The minimum atomic E-state index is -1.08. The molecule has 0 bridgehead atoms. The number of carbonyl (C=O) groups is 5. The first-order chi connectivity index (χ1) is 21.6. The average molecular weight is 638 g/mol. The van der Waals surface area contributed by atoms with E-state index in [0.29, 0.717) is 19.8 Å². The van der Waals surface area contributed by atoms with Gasteiger partial charge in [0.25, 0.3) is 5.91 Å². The van der Waals surface area contributed by atoms with Crippen LogP contribution >= 0.6 is 0 Å². The number of amides is 5. The van der Waals surface area contributed by atoms with Crippen molar-refractivity contribution in [2.45, 2.75) is 110 Å². The van der Waals surface area contributed by atoms with Crippen LogP contribution in [0.3, 0.4) is 0 Å². The number of ketones is 1. The Morgan fingerprint density at radius 3 is 2.24 bits per heavy atom. The molecule has 46 heavy (non-hydrogen) atoms. The Kier molecular flexibility index (Phi) is 9.55. The number of primary amides is 1. The van der Waals surface area contributed by atoms with Gasteiger partial charge in [-0.3, -0.25) is 19.2 Å². The lowest BCUT2D eigenvalue weighted by Gasteiger charge is -2.40. The van der Waals surface area contributed by atoms with E-state index in [0.717, 1.165) is 50.5 Å². The number of likely N-dealkylation sites (tertiary alicyclic amines) is 1. The van der Waals surface area contributed by atoms with Crippen LogP contribution in [0.2, 0.25) is 0 Å². The van der Waals surface area contributed by atoms with Crippen molar-refractivity contribution in [3.05, 3.63) is 35.9 Å². The Hall–Kier alpha value is -3.47.